The SMILES string of the molecule is NC(=S)Nc1ccc(-c2nnc(SCc3ccccc3)o2)cc1. The van der Waals surface area contributed by atoms with Gasteiger partial charge < -0.3 is 15.5 Å². The van der Waals surface area contributed by atoms with Crippen LogP contribution < -0.4 is 11.1 Å². The lowest BCUT2D eigenvalue weighted by Gasteiger charge is -2.03. The van der Waals surface area contributed by atoms with Crippen molar-refractivity contribution in [3.05, 3.63) is 60.2 Å². The van der Waals surface area contributed by atoms with Crippen molar-refractivity contribution < 1.29 is 4.42 Å². The van der Waals surface area contributed by atoms with Gasteiger partial charge in [0, 0.05) is 17.0 Å². The smallest absolute Gasteiger partial charge is 0.277 e. The van der Waals surface area contributed by atoms with Gasteiger partial charge in [0.15, 0.2) is 5.11 Å². The number of nitrogens with one attached hydrogen (secondary N) is 1. The van der Waals surface area contributed by atoms with Gasteiger partial charge in [-0.3, -0.25) is 0 Å². The Morgan fingerprint density at radius 2 is 1.83 bits per heavy atom. The molecule has 0 aliphatic carbocycles. The minimum atomic E-state index is 0.232. The average Bonchev–Trinajstić information content (AvgIpc) is 3.03. The van der Waals surface area contributed by atoms with Crippen LogP contribution in [0.1, 0.15) is 5.56 Å². The second-order valence-corrected chi connectivity index (χ2v) is 6.08. The zero-order valence-corrected chi connectivity index (χ0v) is 13.7. The summed E-state index contributed by atoms with van der Waals surface area (Å²) in [5.41, 5.74) is 8.31. The molecule has 1 heterocycles. The standard InChI is InChI=1S/C16H14N4OS2/c17-15(22)18-13-8-6-12(7-9-13)14-19-20-16(21-14)23-10-11-4-2-1-3-5-11/h1-9H,10H2,(H3,17,18,22). The maximum Gasteiger partial charge on any atom is 0.277 e. The lowest BCUT2D eigenvalue weighted by Crippen LogP contribution is -2.18. The van der Waals surface area contributed by atoms with Crippen molar-refractivity contribution in [3.8, 4) is 11.5 Å². The Bertz CT molecular complexity index is 787. The summed E-state index contributed by atoms with van der Waals surface area (Å²) in [5, 5.41) is 11.8. The average molecular weight is 342 g/mol. The Labute approximate surface area is 143 Å². The Morgan fingerprint density at radius 1 is 1.09 bits per heavy atom. The van der Waals surface area contributed by atoms with Gasteiger partial charge in [-0.15, -0.1) is 10.2 Å². The molecule has 0 fully saturated rings. The van der Waals surface area contributed by atoms with Crippen LogP contribution in [0.4, 0.5) is 5.69 Å². The van der Waals surface area contributed by atoms with Gasteiger partial charge in [0.2, 0.25) is 5.89 Å². The third kappa shape index (κ3) is 4.30. The van der Waals surface area contributed by atoms with E-state index in [2.05, 4.69) is 27.6 Å². The number of benzene rings is 2. The zero-order chi connectivity index (χ0) is 16.1. The molecule has 0 spiro atoms. The fraction of sp³-hybridized carbons (Fsp3) is 0.0625. The molecule has 23 heavy (non-hydrogen) atoms. The number of aromatic nitrogens is 2. The van der Waals surface area contributed by atoms with Crippen LogP contribution in [0.2, 0.25) is 0 Å². The van der Waals surface area contributed by atoms with Crippen LogP contribution in [0, 0.1) is 0 Å². The molecular formula is C16H14N4OS2. The predicted octanol–water partition coefficient (Wildman–Crippen LogP) is 3.68. The molecule has 5 nitrogen and oxygen atoms in total. The molecule has 2 aromatic carbocycles. The summed E-state index contributed by atoms with van der Waals surface area (Å²) in [7, 11) is 0. The van der Waals surface area contributed by atoms with E-state index in [9.17, 15) is 0 Å². The number of hydrogen-bond acceptors (Lipinski definition) is 5. The quantitative estimate of drug-likeness (QED) is 0.541. The highest BCUT2D eigenvalue weighted by Gasteiger charge is 2.09. The monoisotopic (exact) mass is 342 g/mol. The molecule has 0 radical (unpaired) electrons. The van der Waals surface area contributed by atoms with Crippen LogP contribution in [0.5, 0.6) is 0 Å². The highest BCUT2D eigenvalue weighted by molar-refractivity contribution is 7.98. The van der Waals surface area contributed by atoms with Crippen LogP contribution in [0.25, 0.3) is 11.5 Å². The van der Waals surface area contributed by atoms with Crippen molar-refractivity contribution in [2.75, 3.05) is 5.32 Å². The fourth-order valence-electron chi connectivity index (χ4n) is 1.94. The molecule has 0 unspecified atom stereocenters. The molecule has 0 atom stereocenters. The van der Waals surface area contributed by atoms with Gasteiger partial charge in [-0.25, -0.2) is 0 Å². The summed E-state index contributed by atoms with van der Waals surface area (Å²) in [6.07, 6.45) is 0. The van der Waals surface area contributed by atoms with E-state index >= 15 is 0 Å². The summed E-state index contributed by atoms with van der Waals surface area (Å²) >= 11 is 6.31. The first-order chi connectivity index (χ1) is 11.2. The first kappa shape index (κ1) is 15.5. The van der Waals surface area contributed by atoms with E-state index in [-0.39, 0.29) is 5.11 Å². The Balaban J connectivity index is 1.65. The van der Waals surface area contributed by atoms with Crippen molar-refractivity contribution in [1.82, 2.24) is 10.2 Å². The first-order valence-corrected chi connectivity index (χ1v) is 8.27. The Kier molecular flexibility index (Phi) is 4.89. The van der Waals surface area contributed by atoms with Crippen LogP contribution in [0.3, 0.4) is 0 Å². The maximum absolute atomic E-state index is 5.68. The van der Waals surface area contributed by atoms with Crippen LogP contribution in [-0.4, -0.2) is 15.3 Å². The van der Waals surface area contributed by atoms with Crippen LogP contribution in [0.15, 0.2) is 64.2 Å². The molecule has 1 aromatic heterocycles. The van der Waals surface area contributed by atoms with E-state index in [4.69, 9.17) is 22.4 Å². The van der Waals surface area contributed by atoms with E-state index < -0.39 is 0 Å². The predicted molar refractivity (Wildman–Crippen MR) is 96.1 cm³/mol. The lowest BCUT2D eigenvalue weighted by atomic mass is 10.2. The highest BCUT2D eigenvalue weighted by atomic mass is 32.2. The van der Waals surface area contributed by atoms with Crippen molar-refractivity contribution in [2.24, 2.45) is 5.73 Å². The molecule has 0 saturated heterocycles. The number of anilines is 1. The maximum atomic E-state index is 5.68. The number of nitrogens with zero attached hydrogens (tertiary/aromatic N) is 2. The van der Waals surface area contributed by atoms with E-state index in [1.807, 2.05) is 42.5 Å². The highest BCUT2D eigenvalue weighted by Crippen LogP contribution is 2.26. The Hall–Kier alpha value is -2.38. The minimum Gasteiger partial charge on any atom is -0.411 e. The van der Waals surface area contributed by atoms with Gasteiger partial charge in [-0.05, 0) is 42.0 Å². The molecule has 0 bridgehead atoms. The van der Waals surface area contributed by atoms with E-state index in [0.717, 1.165) is 17.0 Å². The summed E-state index contributed by atoms with van der Waals surface area (Å²) in [5.74, 6) is 1.28. The number of thioether (sulfide) groups is 1. The van der Waals surface area contributed by atoms with Crippen LogP contribution >= 0.6 is 24.0 Å². The van der Waals surface area contributed by atoms with Crippen LogP contribution in [-0.2, 0) is 5.75 Å². The second kappa shape index (κ2) is 7.26. The molecule has 0 amide bonds. The van der Waals surface area contributed by atoms with Crippen molar-refractivity contribution in [1.29, 1.82) is 0 Å². The van der Waals surface area contributed by atoms with E-state index in [1.54, 1.807) is 0 Å². The lowest BCUT2D eigenvalue weighted by molar-refractivity contribution is 0.466. The summed E-state index contributed by atoms with van der Waals surface area (Å²) in [4.78, 5) is 0. The molecule has 0 aliphatic heterocycles. The molecular weight excluding hydrogens is 328 g/mol. The van der Waals surface area contributed by atoms with Crippen molar-refractivity contribution in [3.63, 3.8) is 0 Å². The van der Waals surface area contributed by atoms with Gasteiger partial charge in [0.25, 0.3) is 5.22 Å². The fourth-order valence-corrected chi connectivity index (χ4v) is 2.78. The molecule has 3 aromatic rings. The first-order valence-electron chi connectivity index (χ1n) is 6.88. The molecule has 116 valence electrons. The third-order valence-electron chi connectivity index (χ3n) is 3.01. The molecule has 3 rings (SSSR count). The zero-order valence-electron chi connectivity index (χ0n) is 12.1. The number of thiocarbonyl (C=S) groups is 1. The minimum absolute atomic E-state index is 0.232. The summed E-state index contributed by atoms with van der Waals surface area (Å²) in [6, 6.07) is 17.6. The van der Waals surface area contributed by atoms with E-state index in [0.29, 0.717) is 11.1 Å². The Morgan fingerprint density at radius 3 is 2.52 bits per heavy atom. The second-order valence-electron chi connectivity index (χ2n) is 4.71. The molecule has 3 N–H and O–H groups in total. The largest absolute Gasteiger partial charge is 0.411 e. The van der Waals surface area contributed by atoms with Gasteiger partial charge >= 0.3 is 0 Å². The van der Waals surface area contributed by atoms with Gasteiger partial charge in [0.05, 0.1) is 0 Å². The third-order valence-corrected chi connectivity index (χ3v) is 4.00. The normalized spacial score (nSPS) is 10.4. The van der Waals surface area contributed by atoms with Gasteiger partial charge in [-0.2, -0.15) is 0 Å². The summed E-state index contributed by atoms with van der Waals surface area (Å²) < 4.78 is 5.68. The molecule has 0 aliphatic rings. The topological polar surface area (TPSA) is 77.0 Å². The number of hydrogen-bond donors (Lipinski definition) is 2. The number of nitrogens with two attached hydrogens (primary N) is 1. The molecule has 7 heteroatoms. The summed E-state index contributed by atoms with van der Waals surface area (Å²) in [6.45, 7) is 0. The van der Waals surface area contributed by atoms with Gasteiger partial charge in [-0.1, -0.05) is 42.1 Å². The van der Waals surface area contributed by atoms with Crippen molar-refractivity contribution in [2.45, 2.75) is 11.0 Å². The van der Waals surface area contributed by atoms with Gasteiger partial charge in [0.1, 0.15) is 0 Å². The molecule has 0 saturated carbocycles. The van der Waals surface area contributed by atoms with E-state index in [1.165, 1.54) is 17.3 Å². The van der Waals surface area contributed by atoms with Crippen molar-refractivity contribution >= 4 is 34.8 Å². The number of rotatable bonds is 5.